The number of carbonyl (C=O) groups is 1. The van der Waals surface area contributed by atoms with E-state index in [0.717, 1.165) is 12.2 Å². The van der Waals surface area contributed by atoms with Gasteiger partial charge in [0.05, 0.1) is 0 Å². The van der Waals surface area contributed by atoms with E-state index < -0.39 is 0 Å². The summed E-state index contributed by atoms with van der Waals surface area (Å²) in [5.41, 5.74) is 2.81. The van der Waals surface area contributed by atoms with Gasteiger partial charge in [-0.3, -0.25) is 4.79 Å². The van der Waals surface area contributed by atoms with Crippen molar-refractivity contribution in [3.8, 4) is 5.75 Å². The van der Waals surface area contributed by atoms with Crippen molar-refractivity contribution in [3.05, 3.63) is 53.0 Å². The second kappa shape index (κ2) is 6.90. The van der Waals surface area contributed by atoms with Gasteiger partial charge >= 0.3 is 0 Å². The van der Waals surface area contributed by atoms with Gasteiger partial charge in [0.15, 0.2) is 5.76 Å². The van der Waals surface area contributed by atoms with E-state index in [1.807, 2.05) is 6.07 Å². The maximum atomic E-state index is 11.9. The molecular formula is C19H23NO3. The van der Waals surface area contributed by atoms with Crippen molar-refractivity contribution >= 4 is 5.91 Å². The number of carbonyl (C=O) groups excluding carboxylic acids is 1. The first-order valence-electron chi connectivity index (χ1n) is 8.23. The molecule has 1 amide bonds. The van der Waals surface area contributed by atoms with Crippen molar-refractivity contribution < 1.29 is 13.9 Å². The third-order valence-corrected chi connectivity index (χ3v) is 4.01. The molecule has 3 rings (SSSR count). The highest BCUT2D eigenvalue weighted by Gasteiger charge is 2.13. The van der Waals surface area contributed by atoms with Crippen molar-refractivity contribution in [3.63, 3.8) is 0 Å². The molecular weight excluding hydrogens is 290 g/mol. The van der Waals surface area contributed by atoms with Crippen molar-refractivity contribution in [1.29, 1.82) is 0 Å². The van der Waals surface area contributed by atoms with Crippen LogP contribution in [-0.2, 0) is 19.4 Å². The van der Waals surface area contributed by atoms with Crippen LogP contribution in [-0.4, -0.2) is 12.5 Å². The van der Waals surface area contributed by atoms with Gasteiger partial charge in [-0.15, -0.1) is 0 Å². The second-order valence-electron chi connectivity index (χ2n) is 6.44. The number of benzene rings is 1. The third-order valence-electron chi connectivity index (χ3n) is 4.01. The van der Waals surface area contributed by atoms with E-state index in [4.69, 9.17) is 9.15 Å². The average Bonchev–Trinajstić information content (AvgIpc) is 3.19. The SMILES string of the molecule is CC(C)CNC(=O)c1ccc(COc2ccc3c(c2)CCC3)o1. The van der Waals surface area contributed by atoms with E-state index in [0.29, 0.717) is 30.6 Å². The molecule has 1 aliphatic carbocycles. The summed E-state index contributed by atoms with van der Waals surface area (Å²) in [4.78, 5) is 11.9. The van der Waals surface area contributed by atoms with Gasteiger partial charge < -0.3 is 14.5 Å². The Kier molecular flexibility index (Phi) is 4.70. The van der Waals surface area contributed by atoms with E-state index in [9.17, 15) is 4.79 Å². The lowest BCUT2D eigenvalue weighted by atomic mass is 10.1. The first-order valence-corrected chi connectivity index (χ1v) is 8.23. The number of hydrogen-bond donors (Lipinski definition) is 1. The molecule has 2 aromatic rings. The zero-order chi connectivity index (χ0) is 16.2. The Bertz CT molecular complexity index is 688. The number of amides is 1. The minimum absolute atomic E-state index is 0.178. The molecule has 1 heterocycles. The van der Waals surface area contributed by atoms with Crippen LogP contribution in [0, 0.1) is 5.92 Å². The molecule has 0 saturated carbocycles. The Balaban J connectivity index is 1.56. The third kappa shape index (κ3) is 3.95. The summed E-state index contributed by atoms with van der Waals surface area (Å²) in [6.07, 6.45) is 3.53. The minimum atomic E-state index is -0.178. The largest absolute Gasteiger partial charge is 0.486 e. The maximum Gasteiger partial charge on any atom is 0.287 e. The quantitative estimate of drug-likeness (QED) is 0.884. The van der Waals surface area contributed by atoms with Crippen molar-refractivity contribution in [1.82, 2.24) is 5.32 Å². The van der Waals surface area contributed by atoms with Crippen LogP contribution in [0.2, 0.25) is 0 Å². The van der Waals surface area contributed by atoms with E-state index >= 15 is 0 Å². The lowest BCUT2D eigenvalue weighted by molar-refractivity contribution is 0.0917. The molecule has 0 aliphatic heterocycles. The van der Waals surface area contributed by atoms with Crippen LogP contribution in [0.15, 0.2) is 34.7 Å². The predicted molar refractivity (Wildman–Crippen MR) is 88.7 cm³/mol. The molecule has 0 spiro atoms. The van der Waals surface area contributed by atoms with Gasteiger partial charge in [-0.2, -0.15) is 0 Å². The molecule has 1 N–H and O–H groups in total. The van der Waals surface area contributed by atoms with Crippen LogP contribution in [0.5, 0.6) is 5.75 Å². The fraction of sp³-hybridized carbons (Fsp3) is 0.421. The standard InChI is InChI=1S/C19H23NO3/c1-13(2)11-20-19(21)18-9-8-17(23-18)12-22-16-7-6-14-4-3-5-15(14)10-16/h6-10,13H,3-5,11-12H2,1-2H3,(H,20,21). The first-order chi connectivity index (χ1) is 11.1. The lowest BCUT2D eigenvalue weighted by Gasteiger charge is -2.07. The van der Waals surface area contributed by atoms with Gasteiger partial charge in [0, 0.05) is 6.54 Å². The molecule has 0 fully saturated rings. The van der Waals surface area contributed by atoms with Crippen LogP contribution in [0.25, 0.3) is 0 Å². The lowest BCUT2D eigenvalue weighted by Crippen LogP contribution is -2.26. The Morgan fingerprint density at radius 3 is 2.87 bits per heavy atom. The van der Waals surface area contributed by atoms with Crippen LogP contribution in [0.3, 0.4) is 0 Å². The summed E-state index contributed by atoms with van der Waals surface area (Å²) in [5.74, 6) is 2.07. The number of hydrogen-bond acceptors (Lipinski definition) is 3. The van der Waals surface area contributed by atoms with Crippen LogP contribution < -0.4 is 10.1 Å². The number of ether oxygens (including phenoxy) is 1. The average molecular weight is 313 g/mol. The number of fused-ring (bicyclic) bond motifs is 1. The molecule has 0 radical (unpaired) electrons. The Morgan fingerprint density at radius 1 is 1.22 bits per heavy atom. The monoisotopic (exact) mass is 313 g/mol. The second-order valence-corrected chi connectivity index (χ2v) is 6.44. The fourth-order valence-electron chi connectivity index (χ4n) is 2.75. The molecule has 1 aromatic heterocycles. The van der Waals surface area contributed by atoms with Crippen LogP contribution >= 0.6 is 0 Å². The summed E-state index contributed by atoms with van der Waals surface area (Å²) in [6.45, 7) is 5.08. The van der Waals surface area contributed by atoms with Gasteiger partial charge in [0.2, 0.25) is 0 Å². The van der Waals surface area contributed by atoms with Crippen LogP contribution in [0.1, 0.15) is 47.7 Å². The van der Waals surface area contributed by atoms with Gasteiger partial charge in [0.1, 0.15) is 18.1 Å². The summed E-state index contributed by atoms with van der Waals surface area (Å²) in [5, 5.41) is 2.84. The van der Waals surface area contributed by atoms with Gasteiger partial charge in [-0.05, 0) is 60.6 Å². The highest BCUT2D eigenvalue weighted by molar-refractivity contribution is 5.91. The number of nitrogens with one attached hydrogen (secondary N) is 1. The fourth-order valence-corrected chi connectivity index (χ4v) is 2.75. The predicted octanol–water partition coefficient (Wildman–Crippen LogP) is 3.73. The summed E-state index contributed by atoms with van der Waals surface area (Å²) in [7, 11) is 0. The molecule has 0 atom stereocenters. The zero-order valence-electron chi connectivity index (χ0n) is 13.7. The molecule has 1 aromatic carbocycles. The van der Waals surface area contributed by atoms with Gasteiger partial charge in [0.25, 0.3) is 5.91 Å². The topological polar surface area (TPSA) is 51.5 Å². The molecule has 1 aliphatic rings. The van der Waals surface area contributed by atoms with Crippen molar-refractivity contribution in [2.45, 2.75) is 39.7 Å². The number of aryl methyl sites for hydroxylation is 2. The maximum absolute atomic E-state index is 11.9. The summed E-state index contributed by atoms with van der Waals surface area (Å²) in [6, 6.07) is 9.74. The number of rotatable bonds is 6. The Hall–Kier alpha value is -2.23. The van der Waals surface area contributed by atoms with Gasteiger partial charge in [-0.25, -0.2) is 0 Å². The normalized spacial score (nSPS) is 13.2. The van der Waals surface area contributed by atoms with Crippen LogP contribution in [0.4, 0.5) is 0 Å². The Labute approximate surface area is 136 Å². The first kappa shape index (κ1) is 15.7. The molecule has 0 saturated heterocycles. The van der Waals surface area contributed by atoms with E-state index in [1.54, 1.807) is 12.1 Å². The van der Waals surface area contributed by atoms with E-state index in [2.05, 4.69) is 31.3 Å². The molecule has 23 heavy (non-hydrogen) atoms. The highest BCUT2D eigenvalue weighted by Crippen LogP contribution is 2.26. The molecule has 0 bridgehead atoms. The highest BCUT2D eigenvalue weighted by atomic mass is 16.5. The summed E-state index contributed by atoms with van der Waals surface area (Å²) < 4.78 is 11.3. The number of furan rings is 1. The van der Waals surface area contributed by atoms with Crippen molar-refractivity contribution in [2.24, 2.45) is 5.92 Å². The molecule has 4 nitrogen and oxygen atoms in total. The van der Waals surface area contributed by atoms with E-state index in [-0.39, 0.29) is 5.91 Å². The molecule has 122 valence electrons. The zero-order valence-corrected chi connectivity index (χ0v) is 13.7. The van der Waals surface area contributed by atoms with Crippen molar-refractivity contribution in [2.75, 3.05) is 6.54 Å². The molecule has 0 unspecified atom stereocenters. The smallest absolute Gasteiger partial charge is 0.287 e. The van der Waals surface area contributed by atoms with E-state index in [1.165, 1.54) is 24.0 Å². The molecule has 4 heteroatoms. The Morgan fingerprint density at radius 2 is 2.04 bits per heavy atom. The summed E-state index contributed by atoms with van der Waals surface area (Å²) >= 11 is 0. The minimum Gasteiger partial charge on any atom is -0.486 e. The van der Waals surface area contributed by atoms with Gasteiger partial charge in [-0.1, -0.05) is 19.9 Å².